The number of carbonyl (C=O) groups excluding carboxylic acids is 1. The minimum Gasteiger partial charge on any atom is -0.352 e. The summed E-state index contributed by atoms with van der Waals surface area (Å²) in [5.74, 6) is -0.140. The van der Waals surface area contributed by atoms with Crippen molar-refractivity contribution in [3.63, 3.8) is 0 Å². The molecule has 2 aromatic rings. The van der Waals surface area contributed by atoms with Crippen LogP contribution in [0.1, 0.15) is 58.1 Å². The van der Waals surface area contributed by atoms with Gasteiger partial charge in [-0.3, -0.25) is 9.48 Å². The van der Waals surface area contributed by atoms with Crippen molar-refractivity contribution in [2.45, 2.75) is 51.7 Å². The first-order chi connectivity index (χ1) is 12.7. The predicted octanol–water partition coefficient (Wildman–Crippen LogP) is 4.87. The molecule has 0 atom stereocenters. The van der Waals surface area contributed by atoms with Gasteiger partial charge in [-0.2, -0.15) is 18.3 Å². The minimum absolute atomic E-state index is 0.0469. The first-order valence-electron chi connectivity index (χ1n) is 8.87. The molecule has 1 amide bonds. The van der Waals surface area contributed by atoms with Gasteiger partial charge in [0.1, 0.15) is 0 Å². The Morgan fingerprint density at radius 3 is 2.67 bits per heavy atom. The highest BCUT2D eigenvalue weighted by atomic mass is 35.5. The van der Waals surface area contributed by atoms with E-state index >= 15 is 0 Å². The number of nitrogens with zero attached hydrogens (tertiary/aromatic N) is 2. The van der Waals surface area contributed by atoms with E-state index in [0.29, 0.717) is 24.2 Å². The number of rotatable bonds is 6. The summed E-state index contributed by atoms with van der Waals surface area (Å²) in [6, 6.07) is 5.64. The highest BCUT2D eigenvalue weighted by Gasteiger charge is 2.41. The SMILES string of the molecule is Cc1ccc(C)c(C(=O)NCCCn2nc(C(F)(F)F)c(Cl)c2C2CC2)c1. The number of nitrogens with one attached hydrogen (secondary N) is 1. The van der Waals surface area contributed by atoms with Crippen LogP contribution in [0.15, 0.2) is 18.2 Å². The zero-order valence-corrected chi connectivity index (χ0v) is 15.9. The Morgan fingerprint density at radius 2 is 2.04 bits per heavy atom. The van der Waals surface area contributed by atoms with Crippen LogP contribution in [0, 0.1) is 13.8 Å². The van der Waals surface area contributed by atoms with Crippen LogP contribution in [0.4, 0.5) is 13.2 Å². The number of hydrogen-bond donors (Lipinski definition) is 1. The summed E-state index contributed by atoms with van der Waals surface area (Å²) < 4.78 is 40.5. The van der Waals surface area contributed by atoms with E-state index in [1.807, 2.05) is 32.0 Å². The molecule has 1 N–H and O–H groups in total. The van der Waals surface area contributed by atoms with Crippen molar-refractivity contribution in [3.05, 3.63) is 51.3 Å². The number of hydrogen-bond acceptors (Lipinski definition) is 2. The van der Waals surface area contributed by atoms with E-state index in [-0.39, 0.29) is 23.4 Å². The molecule has 1 heterocycles. The fourth-order valence-corrected chi connectivity index (χ4v) is 3.45. The summed E-state index contributed by atoms with van der Waals surface area (Å²) in [7, 11) is 0. The molecule has 1 fully saturated rings. The van der Waals surface area contributed by atoms with Gasteiger partial charge in [0.15, 0.2) is 5.69 Å². The van der Waals surface area contributed by atoms with E-state index in [1.165, 1.54) is 4.68 Å². The largest absolute Gasteiger partial charge is 0.436 e. The van der Waals surface area contributed by atoms with Gasteiger partial charge in [0.05, 0.1) is 10.7 Å². The van der Waals surface area contributed by atoms with Crippen molar-refractivity contribution < 1.29 is 18.0 Å². The number of halogens is 4. The van der Waals surface area contributed by atoms with Crippen LogP contribution >= 0.6 is 11.6 Å². The number of aromatic nitrogens is 2. The summed E-state index contributed by atoms with van der Waals surface area (Å²) in [4.78, 5) is 12.3. The van der Waals surface area contributed by atoms with Gasteiger partial charge in [-0.15, -0.1) is 0 Å². The van der Waals surface area contributed by atoms with Gasteiger partial charge in [-0.25, -0.2) is 0 Å². The Morgan fingerprint density at radius 1 is 1.33 bits per heavy atom. The zero-order chi connectivity index (χ0) is 19.8. The fraction of sp³-hybridized carbons (Fsp3) is 0.474. The van der Waals surface area contributed by atoms with Gasteiger partial charge in [0.25, 0.3) is 5.91 Å². The third-order valence-corrected chi connectivity index (χ3v) is 5.01. The number of amides is 1. The second-order valence-electron chi connectivity index (χ2n) is 6.97. The maximum Gasteiger partial charge on any atom is 0.436 e. The molecule has 8 heteroatoms. The molecular weight excluding hydrogens is 379 g/mol. The lowest BCUT2D eigenvalue weighted by Crippen LogP contribution is -2.26. The van der Waals surface area contributed by atoms with Crippen LogP contribution in [-0.2, 0) is 12.7 Å². The molecule has 1 aliphatic carbocycles. The third kappa shape index (κ3) is 4.46. The molecule has 146 valence electrons. The Balaban J connectivity index is 1.62. The first-order valence-corrected chi connectivity index (χ1v) is 9.25. The van der Waals surface area contributed by atoms with E-state index in [9.17, 15) is 18.0 Å². The lowest BCUT2D eigenvalue weighted by Gasteiger charge is -2.10. The number of benzene rings is 1. The molecule has 1 aromatic carbocycles. The predicted molar refractivity (Wildman–Crippen MR) is 97.1 cm³/mol. The van der Waals surface area contributed by atoms with Gasteiger partial charge in [0, 0.05) is 24.6 Å². The average Bonchev–Trinajstić information content (AvgIpc) is 3.36. The number of alkyl halides is 3. The molecular formula is C19H21ClF3N3O. The van der Waals surface area contributed by atoms with E-state index in [2.05, 4.69) is 10.4 Å². The van der Waals surface area contributed by atoms with Crippen molar-refractivity contribution in [1.29, 1.82) is 0 Å². The van der Waals surface area contributed by atoms with Crippen LogP contribution in [-0.4, -0.2) is 22.2 Å². The second kappa shape index (κ2) is 7.54. The van der Waals surface area contributed by atoms with Crippen molar-refractivity contribution in [3.8, 4) is 0 Å². The third-order valence-electron chi connectivity index (χ3n) is 4.63. The molecule has 0 saturated heterocycles. The lowest BCUT2D eigenvalue weighted by molar-refractivity contribution is -0.141. The maximum atomic E-state index is 13.1. The summed E-state index contributed by atoms with van der Waals surface area (Å²) in [6.45, 7) is 4.39. The number of carbonyl (C=O) groups is 1. The smallest absolute Gasteiger partial charge is 0.352 e. The number of aryl methyl sites for hydroxylation is 3. The van der Waals surface area contributed by atoms with Crippen LogP contribution in [0.25, 0.3) is 0 Å². The van der Waals surface area contributed by atoms with Crippen LogP contribution in [0.5, 0.6) is 0 Å². The molecule has 27 heavy (non-hydrogen) atoms. The van der Waals surface area contributed by atoms with E-state index in [1.54, 1.807) is 0 Å². The van der Waals surface area contributed by atoms with Crippen LogP contribution < -0.4 is 5.32 Å². The summed E-state index contributed by atoms with van der Waals surface area (Å²) in [5, 5.41) is 6.22. The van der Waals surface area contributed by atoms with Crippen LogP contribution in [0.3, 0.4) is 0 Å². The molecule has 3 rings (SSSR count). The Hall–Kier alpha value is -2.02. The Labute approximate surface area is 160 Å². The standard InChI is InChI=1S/C19H21ClF3N3O/c1-11-4-5-12(2)14(10-11)18(27)24-8-3-9-26-16(13-6-7-13)15(20)17(25-26)19(21,22)23/h4-5,10,13H,3,6-9H2,1-2H3,(H,24,27). The van der Waals surface area contributed by atoms with Crippen molar-refractivity contribution in [2.75, 3.05) is 6.54 Å². The molecule has 4 nitrogen and oxygen atoms in total. The maximum absolute atomic E-state index is 13.1. The topological polar surface area (TPSA) is 46.9 Å². The van der Waals surface area contributed by atoms with E-state index in [0.717, 1.165) is 24.0 Å². The van der Waals surface area contributed by atoms with Gasteiger partial charge < -0.3 is 5.32 Å². The Kier molecular flexibility index (Phi) is 5.51. The van der Waals surface area contributed by atoms with Gasteiger partial charge in [-0.1, -0.05) is 29.3 Å². The molecule has 0 aliphatic heterocycles. The molecule has 1 aliphatic rings. The quantitative estimate of drug-likeness (QED) is 0.704. The molecule has 0 bridgehead atoms. The Bertz CT molecular complexity index is 857. The minimum atomic E-state index is -4.57. The van der Waals surface area contributed by atoms with Crippen LogP contribution in [0.2, 0.25) is 5.02 Å². The van der Waals surface area contributed by atoms with E-state index in [4.69, 9.17) is 11.6 Å². The van der Waals surface area contributed by atoms with Gasteiger partial charge >= 0.3 is 6.18 Å². The lowest BCUT2D eigenvalue weighted by atomic mass is 10.1. The molecule has 1 aromatic heterocycles. The molecule has 0 spiro atoms. The van der Waals surface area contributed by atoms with Crippen molar-refractivity contribution >= 4 is 17.5 Å². The van der Waals surface area contributed by atoms with E-state index < -0.39 is 11.9 Å². The second-order valence-corrected chi connectivity index (χ2v) is 7.35. The monoisotopic (exact) mass is 399 g/mol. The molecule has 1 saturated carbocycles. The first kappa shape index (κ1) is 19.7. The molecule has 0 radical (unpaired) electrons. The normalized spacial score (nSPS) is 14.4. The highest BCUT2D eigenvalue weighted by molar-refractivity contribution is 6.32. The summed E-state index contributed by atoms with van der Waals surface area (Å²) >= 11 is 5.95. The van der Waals surface area contributed by atoms with Gasteiger partial charge in [-0.05, 0) is 44.7 Å². The zero-order valence-electron chi connectivity index (χ0n) is 15.2. The van der Waals surface area contributed by atoms with Gasteiger partial charge in [0.2, 0.25) is 0 Å². The average molecular weight is 400 g/mol. The summed E-state index contributed by atoms with van der Waals surface area (Å²) in [5.41, 5.74) is 1.92. The molecule has 0 unspecified atom stereocenters. The van der Waals surface area contributed by atoms with Crippen molar-refractivity contribution in [2.24, 2.45) is 0 Å². The fourth-order valence-electron chi connectivity index (χ4n) is 3.06. The van der Waals surface area contributed by atoms with Crippen molar-refractivity contribution in [1.82, 2.24) is 15.1 Å². The highest BCUT2D eigenvalue weighted by Crippen LogP contribution is 2.46. The summed E-state index contributed by atoms with van der Waals surface area (Å²) in [6.07, 6.45) is -2.45.